The van der Waals surface area contributed by atoms with Crippen LogP contribution in [-0.4, -0.2) is 45.2 Å². The summed E-state index contributed by atoms with van der Waals surface area (Å²) in [5, 5.41) is 19.2. The molecule has 2 atom stereocenters. The van der Waals surface area contributed by atoms with Crippen molar-refractivity contribution in [3.63, 3.8) is 0 Å². The Hall–Kier alpha value is -1.10. The van der Waals surface area contributed by atoms with Crippen LogP contribution in [0.5, 0.6) is 0 Å². The van der Waals surface area contributed by atoms with Crippen LogP contribution in [0, 0.1) is 5.41 Å². The van der Waals surface area contributed by atoms with Crippen LogP contribution < -0.4 is 0 Å². The van der Waals surface area contributed by atoms with Crippen molar-refractivity contribution in [3.05, 3.63) is 0 Å². The quantitative estimate of drug-likeness (QED) is 0.806. The fraction of sp³-hybridized carbons (Fsp3) is 0.867. The third-order valence-electron chi connectivity index (χ3n) is 5.29. The number of carbonyl (C=O) groups is 2. The van der Waals surface area contributed by atoms with E-state index in [2.05, 4.69) is 0 Å². The maximum Gasteiger partial charge on any atom is 0.310 e. The van der Waals surface area contributed by atoms with Gasteiger partial charge in [-0.15, -0.1) is 0 Å². The lowest BCUT2D eigenvalue weighted by Gasteiger charge is -2.39. The second kappa shape index (κ2) is 5.72. The Balaban J connectivity index is 2.10. The van der Waals surface area contributed by atoms with Gasteiger partial charge < -0.3 is 15.1 Å². The Morgan fingerprint density at radius 2 is 1.65 bits per heavy atom. The van der Waals surface area contributed by atoms with E-state index < -0.39 is 11.4 Å². The number of piperidine rings is 1. The Kier molecular flexibility index (Phi) is 4.37. The molecule has 20 heavy (non-hydrogen) atoms. The van der Waals surface area contributed by atoms with Gasteiger partial charge >= 0.3 is 5.97 Å². The van der Waals surface area contributed by atoms with E-state index >= 15 is 0 Å². The van der Waals surface area contributed by atoms with Crippen molar-refractivity contribution in [3.8, 4) is 0 Å². The number of hydrogen-bond acceptors (Lipinski definition) is 3. The van der Waals surface area contributed by atoms with Crippen LogP contribution in [0.4, 0.5) is 0 Å². The lowest BCUT2D eigenvalue weighted by molar-refractivity contribution is -0.156. The number of fused-ring (bicyclic) bond motifs is 2. The molecule has 2 fully saturated rings. The molecule has 0 saturated carbocycles. The zero-order valence-electron chi connectivity index (χ0n) is 12.3. The molecule has 2 N–H and O–H groups in total. The van der Waals surface area contributed by atoms with E-state index in [4.69, 9.17) is 0 Å². The first-order valence-corrected chi connectivity index (χ1v) is 7.66. The van der Waals surface area contributed by atoms with E-state index in [0.717, 1.165) is 12.8 Å². The van der Waals surface area contributed by atoms with Gasteiger partial charge in [0.15, 0.2) is 0 Å². The minimum atomic E-state index is -0.938. The van der Waals surface area contributed by atoms with Crippen molar-refractivity contribution in [2.24, 2.45) is 5.41 Å². The normalized spacial score (nSPS) is 29.6. The van der Waals surface area contributed by atoms with E-state index in [9.17, 15) is 19.8 Å². The van der Waals surface area contributed by atoms with Crippen molar-refractivity contribution < 1.29 is 19.8 Å². The molecule has 0 aromatic heterocycles. The standard InChI is InChI=1S/C15H25NO4/c1-3-15(4-2,14(19)20)9-13(18)16-10-5-6-11(16)8-12(17)7-10/h10-12,17H,3-9H2,1-2H3,(H,19,20). The summed E-state index contributed by atoms with van der Waals surface area (Å²) < 4.78 is 0. The van der Waals surface area contributed by atoms with Gasteiger partial charge in [0, 0.05) is 18.5 Å². The SMILES string of the molecule is CCC(CC)(CC(=O)N1C2CCC1CC(O)C2)C(=O)O. The smallest absolute Gasteiger partial charge is 0.310 e. The second-order valence-corrected chi connectivity index (χ2v) is 6.28. The molecular weight excluding hydrogens is 258 g/mol. The summed E-state index contributed by atoms with van der Waals surface area (Å²) in [6.07, 6.45) is 3.86. The number of amides is 1. The molecule has 114 valence electrons. The number of carboxylic acid groups (broad SMARTS) is 1. The predicted molar refractivity (Wildman–Crippen MR) is 74.2 cm³/mol. The van der Waals surface area contributed by atoms with Gasteiger partial charge in [-0.1, -0.05) is 13.8 Å². The molecule has 2 bridgehead atoms. The largest absolute Gasteiger partial charge is 0.481 e. The van der Waals surface area contributed by atoms with Crippen molar-refractivity contribution in [1.29, 1.82) is 0 Å². The van der Waals surface area contributed by atoms with Crippen LogP contribution in [0.3, 0.4) is 0 Å². The highest BCUT2D eigenvalue weighted by atomic mass is 16.4. The number of carbonyl (C=O) groups excluding carboxylic acids is 1. The number of aliphatic hydroxyl groups excluding tert-OH is 1. The molecular formula is C15H25NO4. The van der Waals surface area contributed by atoms with Crippen molar-refractivity contribution in [1.82, 2.24) is 4.90 Å². The molecule has 0 aromatic rings. The van der Waals surface area contributed by atoms with E-state index in [1.807, 2.05) is 18.7 Å². The third-order valence-corrected chi connectivity index (χ3v) is 5.29. The van der Waals surface area contributed by atoms with Crippen LogP contribution in [0.25, 0.3) is 0 Å². The highest BCUT2D eigenvalue weighted by Crippen LogP contribution is 2.39. The van der Waals surface area contributed by atoms with Crippen LogP contribution in [0.1, 0.15) is 58.8 Å². The Labute approximate surface area is 120 Å². The molecule has 1 amide bonds. The average Bonchev–Trinajstić information content (AvgIpc) is 2.68. The first kappa shape index (κ1) is 15.3. The summed E-state index contributed by atoms with van der Waals surface area (Å²) >= 11 is 0. The molecule has 2 unspecified atom stereocenters. The molecule has 2 heterocycles. The first-order chi connectivity index (χ1) is 9.43. The zero-order valence-corrected chi connectivity index (χ0v) is 12.3. The summed E-state index contributed by atoms with van der Waals surface area (Å²) in [7, 11) is 0. The maximum absolute atomic E-state index is 12.6. The molecule has 5 nitrogen and oxygen atoms in total. The lowest BCUT2D eigenvalue weighted by atomic mass is 9.78. The van der Waals surface area contributed by atoms with Crippen molar-refractivity contribution >= 4 is 11.9 Å². The fourth-order valence-electron chi connectivity index (χ4n) is 3.81. The average molecular weight is 283 g/mol. The van der Waals surface area contributed by atoms with Crippen molar-refractivity contribution in [2.75, 3.05) is 0 Å². The molecule has 0 aromatic carbocycles. The molecule has 2 aliphatic heterocycles. The summed E-state index contributed by atoms with van der Waals surface area (Å²) in [4.78, 5) is 26.0. The monoisotopic (exact) mass is 283 g/mol. The van der Waals surface area contributed by atoms with Gasteiger partial charge in [-0.3, -0.25) is 9.59 Å². The van der Waals surface area contributed by atoms with Gasteiger partial charge in [0.2, 0.25) is 5.91 Å². The van der Waals surface area contributed by atoms with Gasteiger partial charge in [-0.25, -0.2) is 0 Å². The van der Waals surface area contributed by atoms with Gasteiger partial charge in [-0.05, 0) is 38.5 Å². The number of rotatable bonds is 5. The summed E-state index contributed by atoms with van der Waals surface area (Å²) in [6.45, 7) is 3.67. The van der Waals surface area contributed by atoms with Crippen LogP contribution in [0.2, 0.25) is 0 Å². The van der Waals surface area contributed by atoms with Crippen LogP contribution in [0.15, 0.2) is 0 Å². The molecule has 2 saturated heterocycles. The molecule has 2 aliphatic rings. The van der Waals surface area contributed by atoms with Gasteiger partial charge in [0.1, 0.15) is 0 Å². The molecule has 2 rings (SSSR count). The zero-order chi connectivity index (χ0) is 14.9. The van der Waals surface area contributed by atoms with Crippen molar-refractivity contribution in [2.45, 2.75) is 77.0 Å². The maximum atomic E-state index is 12.6. The van der Waals surface area contributed by atoms with E-state index in [1.54, 1.807) is 0 Å². The third kappa shape index (κ3) is 2.55. The Morgan fingerprint density at radius 3 is 2.05 bits per heavy atom. The molecule has 0 spiro atoms. The fourth-order valence-corrected chi connectivity index (χ4v) is 3.81. The lowest BCUT2D eigenvalue weighted by Crippen LogP contribution is -2.50. The van der Waals surface area contributed by atoms with Crippen LogP contribution in [-0.2, 0) is 9.59 Å². The molecule has 0 aliphatic carbocycles. The van der Waals surface area contributed by atoms with E-state index in [0.29, 0.717) is 25.7 Å². The predicted octanol–water partition coefficient (Wildman–Crippen LogP) is 1.78. The number of nitrogens with zero attached hydrogens (tertiary/aromatic N) is 1. The Morgan fingerprint density at radius 1 is 1.15 bits per heavy atom. The minimum absolute atomic E-state index is 0.0458. The summed E-state index contributed by atoms with van der Waals surface area (Å²) in [5.74, 6) is -0.921. The van der Waals surface area contributed by atoms with Gasteiger partial charge in [0.05, 0.1) is 11.5 Å². The number of aliphatic carboxylic acids is 1. The van der Waals surface area contributed by atoms with E-state index in [1.165, 1.54) is 0 Å². The minimum Gasteiger partial charge on any atom is -0.481 e. The van der Waals surface area contributed by atoms with Gasteiger partial charge in [-0.2, -0.15) is 0 Å². The Bertz CT molecular complexity index is 377. The van der Waals surface area contributed by atoms with Gasteiger partial charge in [0.25, 0.3) is 0 Å². The highest BCUT2D eigenvalue weighted by Gasteiger charge is 2.46. The number of carboxylic acids is 1. The van der Waals surface area contributed by atoms with E-state index in [-0.39, 0.29) is 30.5 Å². The highest BCUT2D eigenvalue weighted by molar-refractivity contribution is 5.85. The second-order valence-electron chi connectivity index (χ2n) is 6.28. The first-order valence-electron chi connectivity index (χ1n) is 7.66. The molecule has 0 radical (unpaired) electrons. The molecule has 5 heteroatoms. The van der Waals surface area contributed by atoms with Crippen LogP contribution >= 0.6 is 0 Å². The summed E-state index contributed by atoms with van der Waals surface area (Å²) in [6, 6.07) is 0.216. The topological polar surface area (TPSA) is 77.8 Å². The number of aliphatic hydroxyl groups is 1. The summed E-state index contributed by atoms with van der Waals surface area (Å²) in [5.41, 5.74) is -0.938. The number of hydrogen-bond donors (Lipinski definition) is 2.